The Morgan fingerprint density at radius 1 is 1.40 bits per heavy atom. The molecule has 3 aromatic rings. The van der Waals surface area contributed by atoms with E-state index in [-0.39, 0.29) is 18.1 Å². The number of nitrogens with zero attached hydrogens (tertiary/aromatic N) is 1. The van der Waals surface area contributed by atoms with Gasteiger partial charge in [-0.1, -0.05) is 6.07 Å². The summed E-state index contributed by atoms with van der Waals surface area (Å²) in [6, 6.07) is 5.94. The van der Waals surface area contributed by atoms with Gasteiger partial charge in [0, 0.05) is 18.4 Å². The Balaban J connectivity index is 2.05. The average molecular weight is 343 g/mol. The van der Waals surface area contributed by atoms with E-state index < -0.39 is 17.8 Å². The van der Waals surface area contributed by atoms with Crippen LogP contribution < -0.4 is 10.6 Å². The van der Waals surface area contributed by atoms with Crippen molar-refractivity contribution < 1.29 is 18.7 Å². The maximum atomic E-state index is 14.2. The van der Waals surface area contributed by atoms with Crippen LogP contribution in [0.1, 0.15) is 23.0 Å². The van der Waals surface area contributed by atoms with Gasteiger partial charge in [0.2, 0.25) is 5.76 Å². The van der Waals surface area contributed by atoms with Crippen molar-refractivity contribution in [1.82, 2.24) is 10.3 Å². The first kappa shape index (κ1) is 16.9. The van der Waals surface area contributed by atoms with Crippen molar-refractivity contribution in [3.05, 3.63) is 53.8 Å². The number of aliphatic hydroxyl groups excluding tert-OH is 1. The highest BCUT2D eigenvalue weighted by molar-refractivity contribution is 6.07. The molecule has 0 saturated carbocycles. The van der Waals surface area contributed by atoms with Crippen LogP contribution in [0.5, 0.6) is 0 Å². The number of carbonyl (C=O) groups excluding carboxylic acids is 1. The highest BCUT2D eigenvalue weighted by Crippen LogP contribution is 2.33. The van der Waals surface area contributed by atoms with E-state index in [1.807, 2.05) is 0 Å². The van der Waals surface area contributed by atoms with Crippen molar-refractivity contribution in [3.8, 4) is 0 Å². The molecule has 7 heteroatoms. The molecule has 0 aliphatic carbocycles. The molecule has 2 heterocycles. The Labute approximate surface area is 143 Å². The monoisotopic (exact) mass is 343 g/mol. The van der Waals surface area contributed by atoms with Gasteiger partial charge >= 0.3 is 0 Å². The molecule has 0 fully saturated rings. The van der Waals surface area contributed by atoms with E-state index in [4.69, 9.17) is 9.52 Å². The lowest BCUT2D eigenvalue weighted by atomic mass is 10.2. The molecule has 0 aliphatic heterocycles. The molecular formula is C18H18FN3O3. The zero-order chi connectivity index (χ0) is 18.0. The number of furan rings is 1. The summed E-state index contributed by atoms with van der Waals surface area (Å²) in [5.41, 5.74) is 1.79. The summed E-state index contributed by atoms with van der Waals surface area (Å²) in [5.74, 6) is -0.940. The maximum Gasteiger partial charge on any atom is 0.289 e. The number of pyridine rings is 1. The number of halogens is 1. The minimum Gasteiger partial charge on any atom is -0.448 e. The lowest BCUT2D eigenvalue weighted by Gasteiger charge is -2.12. The molecule has 1 aromatic carbocycles. The average Bonchev–Trinajstić information content (AvgIpc) is 2.96. The quantitative estimate of drug-likeness (QED) is 0.662. The molecule has 1 amide bonds. The van der Waals surface area contributed by atoms with Crippen LogP contribution in [0.15, 0.2) is 41.1 Å². The van der Waals surface area contributed by atoms with Gasteiger partial charge in [0.05, 0.1) is 17.7 Å². The van der Waals surface area contributed by atoms with Crippen LogP contribution in [0.25, 0.3) is 11.0 Å². The molecular weight excluding hydrogens is 325 g/mol. The first-order valence-corrected chi connectivity index (χ1v) is 7.81. The Hall–Kier alpha value is -2.93. The van der Waals surface area contributed by atoms with E-state index in [1.54, 1.807) is 44.4 Å². The number of hydrogen-bond donors (Lipinski definition) is 3. The van der Waals surface area contributed by atoms with Gasteiger partial charge in [-0.15, -0.1) is 0 Å². The van der Waals surface area contributed by atoms with Crippen molar-refractivity contribution in [2.75, 3.05) is 11.9 Å². The Kier molecular flexibility index (Phi) is 4.67. The Morgan fingerprint density at radius 3 is 2.92 bits per heavy atom. The van der Waals surface area contributed by atoms with Crippen LogP contribution in [0.2, 0.25) is 0 Å². The summed E-state index contributed by atoms with van der Waals surface area (Å²) in [6.07, 6.45) is 3.08. The normalized spacial score (nSPS) is 12.2. The molecule has 25 heavy (non-hydrogen) atoms. The van der Waals surface area contributed by atoms with Crippen molar-refractivity contribution in [1.29, 1.82) is 0 Å². The summed E-state index contributed by atoms with van der Waals surface area (Å²) in [7, 11) is 0. The van der Waals surface area contributed by atoms with Gasteiger partial charge in [-0.25, -0.2) is 4.39 Å². The molecule has 1 atom stereocenters. The highest BCUT2D eigenvalue weighted by Gasteiger charge is 2.22. The molecule has 130 valence electrons. The predicted octanol–water partition coefficient (Wildman–Crippen LogP) is 3.13. The molecule has 6 nitrogen and oxygen atoms in total. The van der Waals surface area contributed by atoms with Gasteiger partial charge in [-0.2, -0.15) is 0 Å². The topological polar surface area (TPSA) is 87.4 Å². The minimum atomic E-state index is -0.507. The number of aliphatic hydroxyl groups is 1. The third-order valence-electron chi connectivity index (χ3n) is 3.73. The first-order chi connectivity index (χ1) is 12.0. The summed E-state index contributed by atoms with van der Waals surface area (Å²) in [4.78, 5) is 16.5. The summed E-state index contributed by atoms with van der Waals surface area (Å²) < 4.78 is 19.8. The zero-order valence-corrected chi connectivity index (χ0v) is 13.8. The van der Waals surface area contributed by atoms with Gasteiger partial charge in [0.1, 0.15) is 17.1 Å². The standard InChI is InChI=1S/C18H18FN3O3/c1-10-3-4-14(13(19)7-10)22-16-12-8-20-6-5-15(12)25-17(16)18(24)21-11(2)9-23/h3-8,11,22-23H,9H2,1-2H3,(H,21,24). The molecule has 1 unspecified atom stereocenters. The number of aryl methyl sites for hydroxylation is 1. The molecule has 0 radical (unpaired) electrons. The fourth-order valence-electron chi connectivity index (χ4n) is 2.42. The maximum absolute atomic E-state index is 14.2. The Bertz CT molecular complexity index is 923. The van der Waals surface area contributed by atoms with Gasteiger partial charge in [-0.3, -0.25) is 9.78 Å². The number of anilines is 2. The molecule has 0 saturated heterocycles. The summed E-state index contributed by atoms with van der Waals surface area (Å²) >= 11 is 0. The second kappa shape index (κ2) is 6.90. The fourth-order valence-corrected chi connectivity index (χ4v) is 2.42. The van der Waals surface area contributed by atoms with Gasteiger partial charge in [-0.05, 0) is 37.6 Å². The van der Waals surface area contributed by atoms with Crippen LogP contribution in [-0.2, 0) is 0 Å². The number of aromatic nitrogens is 1. The highest BCUT2D eigenvalue weighted by atomic mass is 19.1. The van der Waals surface area contributed by atoms with Gasteiger partial charge in [0.25, 0.3) is 5.91 Å². The van der Waals surface area contributed by atoms with E-state index in [9.17, 15) is 9.18 Å². The number of benzene rings is 1. The minimum absolute atomic E-state index is 0.00303. The number of fused-ring (bicyclic) bond motifs is 1. The fraction of sp³-hybridized carbons (Fsp3) is 0.222. The number of nitrogens with one attached hydrogen (secondary N) is 2. The van der Waals surface area contributed by atoms with Crippen LogP contribution in [0, 0.1) is 12.7 Å². The smallest absolute Gasteiger partial charge is 0.289 e. The van der Waals surface area contributed by atoms with Crippen LogP contribution in [0.3, 0.4) is 0 Å². The van der Waals surface area contributed by atoms with Crippen LogP contribution in [0.4, 0.5) is 15.8 Å². The van der Waals surface area contributed by atoms with E-state index in [2.05, 4.69) is 15.6 Å². The number of carbonyl (C=O) groups is 1. The first-order valence-electron chi connectivity index (χ1n) is 7.81. The number of amides is 1. The third-order valence-corrected chi connectivity index (χ3v) is 3.73. The number of hydrogen-bond acceptors (Lipinski definition) is 5. The molecule has 0 spiro atoms. The van der Waals surface area contributed by atoms with E-state index in [1.165, 1.54) is 6.07 Å². The van der Waals surface area contributed by atoms with Crippen molar-refractivity contribution >= 4 is 28.3 Å². The largest absolute Gasteiger partial charge is 0.448 e. The number of rotatable bonds is 5. The molecule has 0 bridgehead atoms. The molecule has 3 rings (SSSR count). The third kappa shape index (κ3) is 3.46. The summed E-state index contributed by atoms with van der Waals surface area (Å²) in [5, 5.41) is 15.2. The van der Waals surface area contributed by atoms with E-state index >= 15 is 0 Å². The molecule has 0 aliphatic rings. The van der Waals surface area contributed by atoms with Crippen molar-refractivity contribution in [2.45, 2.75) is 19.9 Å². The lowest BCUT2D eigenvalue weighted by molar-refractivity contribution is 0.0897. The van der Waals surface area contributed by atoms with E-state index in [0.717, 1.165) is 5.56 Å². The van der Waals surface area contributed by atoms with Crippen molar-refractivity contribution in [3.63, 3.8) is 0 Å². The lowest BCUT2D eigenvalue weighted by Crippen LogP contribution is -2.35. The second-order valence-electron chi connectivity index (χ2n) is 5.84. The van der Waals surface area contributed by atoms with Crippen LogP contribution in [-0.4, -0.2) is 28.6 Å². The van der Waals surface area contributed by atoms with Crippen molar-refractivity contribution in [2.24, 2.45) is 0 Å². The molecule has 3 N–H and O–H groups in total. The SMILES string of the molecule is Cc1ccc(Nc2c(C(=O)NC(C)CO)oc3ccncc23)c(F)c1. The van der Waals surface area contributed by atoms with Gasteiger partial charge < -0.3 is 20.2 Å². The Morgan fingerprint density at radius 2 is 2.20 bits per heavy atom. The summed E-state index contributed by atoms with van der Waals surface area (Å²) in [6.45, 7) is 3.25. The predicted molar refractivity (Wildman–Crippen MR) is 92.4 cm³/mol. The van der Waals surface area contributed by atoms with Crippen LogP contribution >= 0.6 is 0 Å². The van der Waals surface area contributed by atoms with E-state index in [0.29, 0.717) is 16.7 Å². The molecule has 2 aromatic heterocycles. The second-order valence-corrected chi connectivity index (χ2v) is 5.84. The van der Waals surface area contributed by atoms with Gasteiger partial charge in [0.15, 0.2) is 0 Å². The zero-order valence-electron chi connectivity index (χ0n) is 13.8.